The molecule has 1 fully saturated rings. The van der Waals surface area contributed by atoms with Crippen LogP contribution in [0.15, 0.2) is 30.6 Å². The first-order valence-corrected chi connectivity index (χ1v) is 8.35. The zero-order chi connectivity index (χ0) is 16.9. The van der Waals surface area contributed by atoms with Crippen molar-refractivity contribution in [1.82, 2.24) is 14.5 Å². The van der Waals surface area contributed by atoms with Crippen LogP contribution < -0.4 is 5.32 Å². The summed E-state index contributed by atoms with van der Waals surface area (Å²) in [5, 5.41) is 3.92. The Kier molecular flexibility index (Phi) is 5.37. The van der Waals surface area contributed by atoms with Gasteiger partial charge >= 0.3 is 0 Å². The molecule has 7 heteroatoms. The van der Waals surface area contributed by atoms with E-state index in [4.69, 9.17) is 16.3 Å². The van der Waals surface area contributed by atoms with Crippen molar-refractivity contribution >= 4 is 23.2 Å². The van der Waals surface area contributed by atoms with Gasteiger partial charge in [0.2, 0.25) is 5.91 Å². The van der Waals surface area contributed by atoms with Crippen LogP contribution in [0.3, 0.4) is 0 Å². The largest absolute Gasteiger partial charge is 0.379 e. The number of rotatable bonds is 5. The predicted octanol–water partition coefficient (Wildman–Crippen LogP) is 2.09. The fourth-order valence-electron chi connectivity index (χ4n) is 2.61. The van der Waals surface area contributed by atoms with Crippen molar-refractivity contribution in [2.24, 2.45) is 7.05 Å². The Hall–Kier alpha value is -2.05. The highest BCUT2D eigenvalue weighted by Crippen LogP contribution is 2.16. The van der Waals surface area contributed by atoms with Gasteiger partial charge in [0.25, 0.3) is 0 Å². The number of nitrogens with one attached hydrogen (secondary N) is 1. The van der Waals surface area contributed by atoms with Crippen LogP contribution in [-0.2, 0) is 29.5 Å². The van der Waals surface area contributed by atoms with Crippen molar-refractivity contribution in [2.45, 2.75) is 13.0 Å². The fourth-order valence-corrected chi connectivity index (χ4v) is 2.77. The molecule has 1 aromatic carbocycles. The predicted molar refractivity (Wildman–Crippen MR) is 93.1 cm³/mol. The summed E-state index contributed by atoms with van der Waals surface area (Å²) in [4.78, 5) is 18.3. The SMILES string of the molecule is Cn1cnc(CNc2ccc(CC(=O)N3CCOCC3)cc2)c1Cl. The standard InChI is InChI=1S/C17H21ClN4O2/c1-21-12-20-15(17(21)18)11-19-14-4-2-13(3-5-14)10-16(23)22-6-8-24-9-7-22/h2-5,12,19H,6-11H2,1H3. The van der Waals surface area contributed by atoms with Crippen molar-refractivity contribution in [3.05, 3.63) is 47.0 Å². The number of hydrogen-bond acceptors (Lipinski definition) is 4. The molecule has 0 spiro atoms. The molecule has 6 nitrogen and oxygen atoms in total. The molecule has 2 aromatic rings. The van der Waals surface area contributed by atoms with Crippen LogP contribution in [0.4, 0.5) is 5.69 Å². The minimum atomic E-state index is 0.152. The maximum Gasteiger partial charge on any atom is 0.227 e. The maximum absolute atomic E-state index is 12.2. The van der Waals surface area contributed by atoms with Crippen LogP contribution in [-0.4, -0.2) is 46.7 Å². The summed E-state index contributed by atoms with van der Waals surface area (Å²) in [7, 11) is 1.86. The first kappa shape index (κ1) is 16.8. The van der Waals surface area contributed by atoms with Crippen LogP contribution in [0.2, 0.25) is 5.15 Å². The second-order valence-corrected chi connectivity index (χ2v) is 6.17. The van der Waals surface area contributed by atoms with Crippen LogP contribution >= 0.6 is 11.6 Å². The summed E-state index contributed by atoms with van der Waals surface area (Å²) in [5.41, 5.74) is 2.79. The van der Waals surface area contributed by atoms with Crippen molar-refractivity contribution in [1.29, 1.82) is 0 Å². The number of amides is 1. The van der Waals surface area contributed by atoms with Crippen LogP contribution in [0, 0.1) is 0 Å². The average Bonchev–Trinajstić information content (AvgIpc) is 2.94. The molecule has 0 bridgehead atoms. The number of halogens is 1. The molecule has 1 aliphatic rings. The van der Waals surface area contributed by atoms with E-state index in [-0.39, 0.29) is 5.91 Å². The van der Waals surface area contributed by atoms with Crippen molar-refractivity contribution < 1.29 is 9.53 Å². The van der Waals surface area contributed by atoms with Gasteiger partial charge in [0.1, 0.15) is 5.15 Å². The molecule has 0 saturated carbocycles. The Morgan fingerprint density at radius 3 is 2.62 bits per heavy atom. The number of aromatic nitrogens is 2. The Bertz CT molecular complexity index is 693. The quantitative estimate of drug-likeness (QED) is 0.898. The number of benzene rings is 1. The zero-order valence-electron chi connectivity index (χ0n) is 13.7. The number of aryl methyl sites for hydroxylation is 1. The summed E-state index contributed by atoms with van der Waals surface area (Å²) in [6, 6.07) is 7.89. The summed E-state index contributed by atoms with van der Waals surface area (Å²) >= 11 is 6.14. The van der Waals surface area contributed by atoms with E-state index in [1.807, 2.05) is 36.2 Å². The first-order valence-electron chi connectivity index (χ1n) is 7.97. The van der Waals surface area contributed by atoms with E-state index in [1.54, 1.807) is 10.9 Å². The highest BCUT2D eigenvalue weighted by Gasteiger charge is 2.16. The van der Waals surface area contributed by atoms with Crippen molar-refractivity contribution in [3.63, 3.8) is 0 Å². The van der Waals surface area contributed by atoms with Gasteiger partial charge in [0.15, 0.2) is 0 Å². The molecule has 0 aliphatic carbocycles. The van der Waals surface area contributed by atoms with E-state index in [2.05, 4.69) is 10.3 Å². The molecular weight excluding hydrogens is 328 g/mol. The maximum atomic E-state index is 12.2. The molecule has 24 heavy (non-hydrogen) atoms. The van der Waals surface area contributed by atoms with E-state index < -0.39 is 0 Å². The lowest BCUT2D eigenvalue weighted by Crippen LogP contribution is -2.41. The third-order valence-corrected chi connectivity index (χ3v) is 4.55. The number of nitrogens with zero attached hydrogens (tertiary/aromatic N) is 3. The Labute approximate surface area is 146 Å². The molecule has 0 unspecified atom stereocenters. The van der Waals surface area contributed by atoms with E-state index in [0.717, 1.165) is 16.9 Å². The smallest absolute Gasteiger partial charge is 0.227 e. The normalized spacial score (nSPS) is 14.7. The number of imidazole rings is 1. The third kappa shape index (κ3) is 4.07. The second kappa shape index (κ2) is 7.68. The minimum Gasteiger partial charge on any atom is -0.379 e. The third-order valence-electron chi connectivity index (χ3n) is 4.07. The molecule has 1 amide bonds. The van der Waals surface area contributed by atoms with E-state index in [9.17, 15) is 4.79 Å². The van der Waals surface area contributed by atoms with Gasteiger partial charge in [-0.15, -0.1) is 0 Å². The molecule has 128 valence electrons. The summed E-state index contributed by atoms with van der Waals surface area (Å²) in [5.74, 6) is 0.152. The van der Waals surface area contributed by atoms with Gasteiger partial charge in [0.05, 0.1) is 38.2 Å². The van der Waals surface area contributed by atoms with Crippen LogP contribution in [0.5, 0.6) is 0 Å². The summed E-state index contributed by atoms with van der Waals surface area (Å²) in [6.07, 6.45) is 2.12. The van der Waals surface area contributed by atoms with Gasteiger partial charge < -0.3 is 19.5 Å². The second-order valence-electron chi connectivity index (χ2n) is 5.81. The molecule has 1 aliphatic heterocycles. The fraction of sp³-hybridized carbons (Fsp3) is 0.412. The highest BCUT2D eigenvalue weighted by atomic mass is 35.5. The molecular formula is C17H21ClN4O2. The van der Waals surface area contributed by atoms with E-state index in [1.165, 1.54) is 0 Å². The van der Waals surface area contributed by atoms with Crippen molar-refractivity contribution in [2.75, 3.05) is 31.6 Å². The molecule has 0 atom stereocenters. The topological polar surface area (TPSA) is 59.4 Å². The van der Waals surface area contributed by atoms with Crippen molar-refractivity contribution in [3.8, 4) is 0 Å². The number of hydrogen-bond donors (Lipinski definition) is 1. The van der Waals surface area contributed by atoms with Crippen LogP contribution in [0.1, 0.15) is 11.3 Å². The molecule has 0 radical (unpaired) electrons. The first-order chi connectivity index (χ1) is 11.6. The van der Waals surface area contributed by atoms with Gasteiger partial charge in [-0.25, -0.2) is 4.98 Å². The average molecular weight is 349 g/mol. The highest BCUT2D eigenvalue weighted by molar-refractivity contribution is 6.30. The number of anilines is 1. The molecule has 1 aromatic heterocycles. The lowest BCUT2D eigenvalue weighted by molar-refractivity contribution is -0.134. The van der Waals surface area contributed by atoms with E-state index in [0.29, 0.717) is 44.4 Å². The number of carbonyl (C=O) groups is 1. The molecule has 1 saturated heterocycles. The zero-order valence-corrected chi connectivity index (χ0v) is 14.4. The lowest BCUT2D eigenvalue weighted by atomic mass is 10.1. The van der Waals surface area contributed by atoms with E-state index >= 15 is 0 Å². The molecule has 1 N–H and O–H groups in total. The van der Waals surface area contributed by atoms with Gasteiger partial charge in [-0.3, -0.25) is 4.79 Å². The summed E-state index contributed by atoms with van der Waals surface area (Å²) < 4.78 is 7.05. The van der Waals surface area contributed by atoms with Gasteiger partial charge in [-0.05, 0) is 17.7 Å². The number of ether oxygens (including phenoxy) is 1. The van der Waals surface area contributed by atoms with Crippen LogP contribution in [0.25, 0.3) is 0 Å². The Balaban J connectivity index is 1.53. The Morgan fingerprint density at radius 2 is 2.00 bits per heavy atom. The van der Waals surface area contributed by atoms with Gasteiger partial charge in [-0.1, -0.05) is 23.7 Å². The molecule has 2 heterocycles. The molecule has 3 rings (SSSR count). The number of carbonyl (C=O) groups excluding carboxylic acids is 1. The Morgan fingerprint density at radius 1 is 1.29 bits per heavy atom. The number of morpholine rings is 1. The summed E-state index contributed by atoms with van der Waals surface area (Å²) in [6.45, 7) is 3.19. The van der Waals surface area contributed by atoms with Gasteiger partial charge in [-0.2, -0.15) is 0 Å². The lowest BCUT2D eigenvalue weighted by Gasteiger charge is -2.26. The minimum absolute atomic E-state index is 0.152. The van der Waals surface area contributed by atoms with Gasteiger partial charge in [0, 0.05) is 25.8 Å². The monoisotopic (exact) mass is 348 g/mol.